The first kappa shape index (κ1) is 24.6. The number of esters is 1. The van der Waals surface area contributed by atoms with Gasteiger partial charge in [-0.1, -0.05) is 36.4 Å². The van der Waals surface area contributed by atoms with Gasteiger partial charge in [0.25, 0.3) is 0 Å². The average molecular weight is 469 g/mol. The van der Waals surface area contributed by atoms with Crippen molar-refractivity contribution in [3.8, 4) is 5.88 Å². The molecule has 1 aliphatic carbocycles. The highest BCUT2D eigenvalue weighted by Crippen LogP contribution is 2.37. The van der Waals surface area contributed by atoms with Crippen molar-refractivity contribution in [3.05, 3.63) is 59.8 Å². The Hall–Kier alpha value is -2.48. The number of nitrogens with zero attached hydrogens (tertiary/aromatic N) is 2. The Bertz CT molecular complexity index is 901. The maximum absolute atomic E-state index is 11.7. The molecular weight excluding hydrogens is 432 g/mol. The zero-order valence-corrected chi connectivity index (χ0v) is 20.0. The Labute approximate surface area is 202 Å². The van der Waals surface area contributed by atoms with Gasteiger partial charge in [-0.3, -0.25) is 4.90 Å². The molecule has 1 saturated heterocycles. The van der Waals surface area contributed by atoms with Crippen molar-refractivity contribution in [1.82, 2.24) is 9.88 Å². The second-order valence-corrected chi connectivity index (χ2v) is 9.18. The Morgan fingerprint density at radius 1 is 1.09 bits per heavy atom. The summed E-state index contributed by atoms with van der Waals surface area (Å²) in [6, 6.07) is 14.4. The average Bonchev–Trinajstić information content (AvgIpc) is 3.21. The van der Waals surface area contributed by atoms with Crippen molar-refractivity contribution in [3.63, 3.8) is 0 Å². The number of carbonyl (C=O) groups is 1. The molecule has 2 aliphatic rings. The number of carbonyl (C=O) groups excluding carboxylic acids is 1. The third-order valence-corrected chi connectivity index (χ3v) is 6.90. The molecule has 2 fully saturated rings. The van der Waals surface area contributed by atoms with Gasteiger partial charge >= 0.3 is 5.97 Å². The van der Waals surface area contributed by atoms with Crippen molar-refractivity contribution in [2.24, 2.45) is 0 Å². The molecule has 2 heterocycles. The quantitative estimate of drug-likeness (QED) is 0.533. The molecular formula is C27H36N2O5. The molecule has 1 aromatic carbocycles. The number of hydrogen-bond donors (Lipinski definition) is 1. The maximum atomic E-state index is 11.7. The topological polar surface area (TPSA) is 81.1 Å². The molecule has 0 unspecified atom stereocenters. The summed E-state index contributed by atoms with van der Waals surface area (Å²) >= 11 is 0. The molecule has 0 radical (unpaired) electrons. The summed E-state index contributed by atoms with van der Waals surface area (Å²) in [6.07, 6.45) is 6.21. The first-order valence-corrected chi connectivity index (χ1v) is 12.4. The molecule has 0 spiro atoms. The monoisotopic (exact) mass is 468 g/mol. The van der Waals surface area contributed by atoms with Crippen molar-refractivity contribution in [2.45, 2.75) is 69.7 Å². The van der Waals surface area contributed by atoms with Crippen molar-refractivity contribution >= 4 is 5.97 Å². The number of likely N-dealkylation sites (tertiary alicyclic amines) is 1. The Balaban J connectivity index is 1.26. The summed E-state index contributed by atoms with van der Waals surface area (Å²) in [5.74, 6) is 0.467. The van der Waals surface area contributed by atoms with Gasteiger partial charge in [-0.2, -0.15) is 0 Å². The van der Waals surface area contributed by atoms with Crippen LogP contribution in [0.4, 0.5) is 0 Å². The van der Waals surface area contributed by atoms with Crippen LogP contribution in [0.15, 0.2) is 48.7 Å². The number of aromatic nitrogens is 1. The summed E-state index contributed by atoms with van der Waals surface area (Å²) in [6.45, 7) is 4.28. The van der Waals surface area contributed by atoms with Crippen LogP contribution < -0.4 is 4.74 Å². The predicted molar refractivity (Wildman–Crippen MR) is 129 cm³/mol. The van der Waals surface area contributed by atoms with Crippen LogP contribution in [0.5, 0.6) is 5.88 Å². The molecule has 2 aromatic rings. The molecule has 1 aromatic heterocycles. The van der Waals surface area contributed by atoms with Crippen LogP contribution in [0.3, 0.4) is 0 Å². The van der Waals surface area contributed by atoms with Crippen LogP contribution in [0.2, 0.25) is 0 Å². The molecule has 2 atom stereocenters. The van der Waals surface area contributed by atoms with E-state index in [-0.39, 0.29) is 30.8 Å². The molecule has 7 nitrogen and oxygen atoms in total. The lowest BCUT2D eigenvalue weighted by Crippen LogP contribution is -2.40. The number of aliphatic hydroxyl groups is 1. The van der Waals surface area contributed by atoms with E-state index in [4.69, 9.17) is 14.2 Å². The van der Waals surface area contributed by atoms with E-state index in [0.29, 0.717) is 25.0 Å². The molecule has 1 aliphatic heterocycles. The van der Waals surface area contributed by atoms with E-state index in [1.807, 2.05) is 18.2 Å². The minimum Gasteiger partial charge on any atom is -0.465 e. The number of ether oxygens (including phenoxy) is 3. The van der Waals surface area contributed by atoms with E-state index in [2.05, 4.69) is 34.1 Å². The van der Waals surface area contributed by atoms with Gasteiger partial charge in [0.15, 0.2) is 6.61 Å². The van der Waals surface area contributed by atoms with Gasteiger partial charge < -0.3 is 19.3 Å². The summed E-state index contributed by atoms with van der Waals surface area (Å²) in [5, 5.41) is 10.5. The first-order valence-electron chi connectivity index (χ1n) is 12.4. The largest absolute Gasteiger partial charge is 0.465 e. The molecule has 0 amide bonds. The lowest BCUT2D eigenvalue weighted by molar-refractivity contribution is -0.145. The molecule has 1 N–H and O–H groups in total. The standard InChI is InChI=1S/C27H36N2O5/c1-2-32-26(31)19-34-27-23(9-6-15-28-27)21-10-12-22(13-11-21)33-18-24-25(30)14-16-29(24)17-20-7-4-3-5-8-20/h3-9,15,21-22,24-25,30H,2,10-14,16-19H2,1H3/t21-,22+,24-,25+/m0/s1. The van der Waals surface area contributed by atoms with Crippen LogP contribution in [0.1, 0.15) is 56.1 Å². The van der Waals surface area contributed by atoms with Gasteiger partial charge in [0.05, 0.1) is 31.5 Å². The van der Waals surface area contributed by atoms with Crippen LogP contribution in [0.25, 0.3) is 0 Å². The molecule has 7 heteroatoms. The highest BCUT2D eigenvalue weighted by molar-refractivity contribution is 5.71. The van der Waals surface area contributed by atoms with E-state index in [9.17, 15) is 9.90 Å². The lowest BCUT2D eigenvalue weighted by Gasteiger charge is -2.32. The van der Waals surface area contributed by atoms with Gasteiger partial charge in [0, 0.05) is 24.8 Å². The highest BCUT2D eigenvalue weighted by Gasteiger charge is 2.34. The third-order valence-electron chi connectivity index (χ3n) is 6.90. The predicted octanol–water partition coefficient (Wildman–Crippen LogP) is 3.70. The van der Waals surface area contributed by atoms with Gasteiger partial charge in [0.1, 0.15) is 0 Å². The first-order chi connectivity index (χ1) is 16.6. The van der Waals surface area contributed by atoms with Crippen molar-refractivity contribution in [1.29, 1.82) is 0 Å². The second kappa shape index (κ2) is 12.3. The fourth-order valence-electron chi connectivity index (χ4n) is 5.07. The molecule has 0 bridgehead atoms. The van der Waals surface area contributed by atoms with Crippen LogP contribution in [-0.2, 0) is 20.8 Å². The van der Waals surface area contributed by atoms with Gasteiger partial charge in [-0.15, -0.1) is 0 Å². The summed E-state index contributed by atoms with van der Waals surface area (Å²) in [4.78, 5) is 18.4. The van der Waals surface area contributed by atoms with Crippen molar-refractivity contribution in [2.75, 3.05) is 26.4 Å². The van der Waals surface area contributed by atoms with Gasteiger partial charge in [-0.25, -0.2) is 9.78 Å². The van der Waals surface area contributed by atoms with Gasteiger partial charge in [0.2, 0.25) is 5.88 Å². The summed E-state index contributed by atoms with van der Waals surface area (Å²) < 4.78 is 16.9. The molecule has 4 rings (SSSR count). The highest BCUT2D eigenvalue weighted by atomic mass is 16.6. The van der Waals surface area contributed by atoms with Crippen LogP contribution in [-0.4, -0.2) is 65.6 Å². The number of benzene rings is 1. The minimum absolute atomic E-state index is 0.0409. The van der Waals surface area contributed by atoms with E-state index in [0.717, 1.165) is 50.8 Å². The van der Waals surface area contributed by atoms with Gasteiger partial charge in [-0.05, 0) is 56.6 Å². The number of pyridine rings is 1. The third kappa shape index (κ3) is 6.56. The summed E-state index contributed by atoms with van der Waals surface area (Å²) in [7, 11) is 0. The SMILES string of the molecule is CCOC(=O)COc1ncccc1[C@H]1CC[C@@H](OC[C@H]2[C@H](O)CCN2Cc2ccccc2)CC1. The Morgan fingerprint density at radius 3 is 2.65 bits per heavy atom. The van der Waals surface area contributed by atoms with E-state index in [1.165, 1.54) is 5.56 Å². The number of rotatable bonds is 10. The van der Waals surface area contributed by atoms with Crippen molar-refractivity contribution < 1.29 is 24.1 Å². The smallest absolute Gasteiger partial charge is 0.344 e. The zero-order chi connectivity index (χ0) is 23.8. The fourth-order valence-corrected chi connectivity index (χ4v) is 5.07. The molecule has 184 valence electrons. The number of aliphatic hydroxyl groups excluding tert-OH is 1. The lowest BCUT2D eigenvalue weighted by atomic mass is 9.83. The van der Waals surface area contributed by atoms with E-state index in [1.54, 1.807) is 13.1 Å². The molecule has 1 saturated carbocycles. The summed E-state index contributed by atoms with van der Waals surface area (Å²) in [5.41, 5.74) is 2.31. The van der Waals surface area contributed by atoms with Crippen LogP contribution >= 0.6 is 0 Å². The Kier molecular flexibility index (Phi) is 8.91. The zero-order valence-electron chi connectivity index (χ0n) is 20.0. The normalized spacial score (nSPS) is 25.2. The fraction of sp³-hybridized carbons (Fsp3) is 0.556. The molecule has 34 heavy (non-hydrogen) atoms. The second-order valence-electron chi connectivity index (χ2n) is 9.18. The van der Waals surface area contributed by atoms with E-state index >= 15 is 0 Å². The Morgan fingerprint density at radius 2 is 1.88 bits per heavy atom. The van der Waals surface area contributed by atoms with E-state index < -0.39 is 0 Å². The maximum Gasteiger partial charge on any atom is 0.344 e. The number of hydrogen-bond acceptors (Lipinski definition) is 7. The van der Waals surface area contributed by atoms with Crippen LogP contribution in [0, 0.1) is 0 Å². The minimum atomic E-state index is -0.383.